The number of rotatable bonds is 4. The van der Waals surface area contributed by atoms with Gasteiger partial charge < -0.3 is 10.0 Å². The second kappa shape index (κ2) is 9.43. The lowest BCUT2D eigenvalue weighted by molar-refractivity contribution is -0.262. The molecule has 0 spiro atoms. The maximum absolute atomic E-state index is 17.6. The average molecular weight is 603 g/mol. The number of likely N-dealkylation sites (N-methyl/N-ethyl adjacent to an activating group) is 1. The van der Waals surface area contributed by atoms with Crippen LogP contribution >= 0.6 is 11.8 Å². The Bertz CT molecular complexity index is 1380. The molecule has 0 aromatic rings. The number of halogens is 3. The zero-order chi connectivity index (χ0) is 29.8. The number of thioether (sulfide) groups is 1. The lowest BCUT2D eigenvalue weighted by atomic mass is 9.44. The van der Waals surface area contributed by atoms with Crippen molar-refractivity contribution in [3.63, 3.8) is 0 Å². The summed E-state index contributed by atoms with van der Waals surface area (Å²) in [7, 11) is 2.02. The van der Waals surface area contributed by atoms with Gasteiger partial charge in [0.25, 0.3) is 0 Å². The molecule has 7 rings (SSSR count). The Morgan fingerprint density at radius 2 is 1.98 bits per heavy atom. The number of alkyl halides is 3. The van der Waals surface area contributed by atoms with Crippen molar-refractivity contribution in [1.29, 1.82) is 0 Å². The van der Waals surface area contributed by atoms with Crippen LogP contribution in [0.25, 0.3) is 0 Å². The fourth-order valence-electron chi connectivity index (χ4n) is 10.0. The van der Waals surface area contributed by atoms with Crippen LogP contribution < -0.4 is 0 Å². The van der Waals surface area contributed by atoms with Gasteiger partial charge in [-0.05, 0) is 55.4 Å². The third-order valence-electron chi connectivity index (χ3n) is 11.9. The van der Waals surface area contributed by atoms with E-state index < -0.39 is 63.1 Å². The third-order valence-corrected chi connectivity index (χ3v) is 12.6. The maximum Gasteiger partial charge on any atom is 0.226 e. The van der Waals surface area contributed by atoms with Crippen molar-refractivity contribution in [3.8, 4) is 0 Å². The van der Waals surface area contributed by atoms with Crippen molar-refractivity contribution in [2.75, 3.05) is 26.1 Å². The van der Waals surface area contributed by atoms with Crippen molar-refractivity contribution >= 4 is 22.7 Å². The SMILES string of the molecule is CN1C=C(CN2C[C@@H]3C[C@H]4[C@@H]5C[C@H](F)C6=CC(=O)C=C[C@]6(C)[C@@]5(F)[C@@H](O)C[C@]4(C)[C@]3(C(=O)SCF)O2)C2C=CC=CC21. The number of fused-ring (bicyclic) bond motifs is 8. The molecule has 7 aliphatic rings. The van der Waals surface area contributed by atoms with E-state index in [0.717, 1.165) is 5.57 Å². The second-order valence-corrected chi connectivity index (χ2v) is 14.5. The molecule has 0 radical (unpaired) electrons. The van der Waals surface area contributed by atoms with Gasteiger partial charge >= 0.3 is 0 Å². The minimum atomic E-state index is -2.24. The van der Waals surface area contributed by atoms with E-state index in [1.807, 2.05) is 26.1 Å². The first-order valence-electron chi connectivity index (χ1n) is 14.8. The van der Waals surface area contributed by atoms with Crippen LogP contribution in [0.4, 0.5) is 13.2 Å². The molecule has 11 atom stereocenters. The number of hydrogen-bond donors (Lipinski definition) is 1. The number of aliphatic hydroxyl groups excluding tert-OH is 1. The topological polar surface area (TPSA) is 70.1 Å². The quantitative estimate of drug-likeness (QED) is 0.503. The Labute approximate surface area is 248 Å². The molecule has 0 aromatic heterocycles. The molecular formula is C32H37F3N2O4S. The van der Waals surface area contributed by atoms with E-state index in [1.165, 1.54) is 18.2 Å². The smallest absolute Gasteiger partial charge is 0.226 e. The van der Waals surface area contributed by atoms with Crippen LogP contribution in [0.1, 0.15) is 33.1 Å². The van der Waals surface area contributed by atoms with E-state index in [9.17, 15) is 19.1 Å². The molecule has 0 aromatic carbocycles. The summed E-state index contributed by atoms with van der Waals surface area (Å²) in [6.07, 6.45) is 11.3. The molecule has 0 amide bonds. The number of allylic oxidation sites excluding steroid dienone is 6. The minimum absolute atomic E-state index is 0.0653. The van der Waals surface area contributed by atoms with Gasteiger partial charge in [0.1, 0.15) is 12.2 Å². The zero-order valence-electron chi connectivity index (χ0n) is 24.0. The Balaban J connectivity index is 1.24. The second-order valence-electron chi connectivity index (χ2n) is 13.6. The molecule has 1 saturated heterocycles. The summed E-state index contributed by atoms with van der Waals surface area (Å²) in [4.78, 5) is 34.9. The van der Waals surface area contributed by atoms with Gasteiger partial charge in [0.2, 0.25) is 5.12 Å². The molecule has 2 unspecified atom stereocenters. The Kier molecular flexibility index (Phi) is 6.43. The largest absolute Gasteiger partial charge is 0.390 e. The van der Waals surface area contributed by atoms with Crippen LogP contribution in [-0.4, -0.2) is 81.7 Å². The van der Waals surface area contributed by atoms with E-state index in [0.29, 0.717) is 31.3 Å². The van der Waals surface area contributed by atoms with E-state index in [1.54, 1.807) is 12.0 Å². The highest BCUT2D eigenvalue weighted by atomic mass is 32.2. The molecule has 2 heterocycles. The summed E-state index contributed by atoms with van der Waals surface area (Å²) in [5, 5.41) is 13.0. The molecule has 1 N–H and O–H groups in total. The van der Waals surface area contributed by atoms with Crippen LogP contribution in [0, 0.1) is 34.5 Å². The van der Waals surface area contributed by atoms with Crippen molar-refractivity contribution in [2.24, 2.45) is 34.5 Å². The number of nitrogens with zero attached hydrogens (tertiary/aromatic N) is 2. The number of hydroxylamine groups is 2. The number of hydrogen-bond acceptors (Lipinski definition) is 7. The Morgan fingerprint density at radius 1 is 1.21 bits per heavy atom. The number of carbonyl (C=O) groups excluding carboxylic acids is 2. The van der Waals surface area contributed by atoms with Crippen molar-refractivity contribution in [2.45, 2.75) is 62.7 Å². The van der Waals surface area contributed by atoms with Crippen molar-refractivity contribution in [1.82, 2.24) is 9.96 Å². The van der Waals surface area contributed by atoms with E-state index in [2.05, 4.69) is 23.3 Å². The molecule has 0 bridgehead atoms. The van der Waals surface area contributed by atoms with Gasteiger partial charge in [-0.2, -0.15) is 5.06 Å². The fraction of sp³-hybridized carbons (Fsp3) is 0.625. The van der Waals surface area contributed by atoms with Gasteiger partial charge in [0.15, 0.2) is 17.1 Å². The van der Waals surface area contributed by atoms with Crippen LogP contribution in [0.15, 0.2) is 59.9 Å². The molecular weight excluding hydrogens is 565 g/mol. The molecule has 226 valence electrons. The summed E-state index contributed by atoms with van der Waals surface area (Å²) in [6.45, 7) is 4.25. The molecule has 3 saturated carbocycles. The summed E-state index contributed by atoms with van der Waals surface area (Å²) >= 11 is 0.554. The molecule has 5 aliphatic carbocycles. The van der Waals surface area contributed by atoms with Gasteiger partial charge in [0, 0.05) is 54.9 Å². The highest BCUT2D eigenvalue weighted by molar-refractivity contribution is 8.13. The number of carbonyl (C=O) groups is 2. The highest BCUT2D eigenvalue weighted by Crippen LogP contribution is 2.73. The first-order chi connectivity index (χ1) is 19.9. The third kappa shape index (κ3) is 3.46. The van der Waals surface area contributed by atoms with Crippen LogP contribution in [-0.2, 0) is 14.4 Å². The molecule has 10 heteroatoms. The lowest BCUT2D eigenvalue weighted by Gasteiger charge is -2.63. The standard InChI is InChI=1S/C32H37F3N2O4S/c1-29-9-8-20(38)11-24(29)25(34)12-23-22-10-19-16-37(15-18-14-36(3)26-7-5-4-6-21(18)26)41-32(19,28(40)42-17-33)30(22,2)13-27(39)31(23,29)35/h4-9,11,14,19,21-23,25-27,39H,10,12-13,15-17H2,1-3H3/t19-,21?,22-,23-,25-,26?,27-,29-,30-,31-,32-/m0/s1. The van der Waals surface area contributed by atoms with Crippen LogP contribution in [0.2, 0.25) is 0 Å². The predicted molar refractivity (Wildman–Crippen MR) is 153 cm³/mol. The predicted octanol–water partition coefficient (Wildman–Crippen LogP) is 4.64. The van der Waals surface area contributed by atoms with Gasteiger partial charge in [-0.25, -0.2) is 13.2 Å². The summed E-state index contributed by atoms with van der Waals surface area (Å²) in [5.74, 6) is -2.01. The zero-order valence-corrected chi connectivity index (χ0v) is 24.8. The summed E-state index contributed by atoms with van der Waals surface area (Å²) in [5.41, 5.74) is -5.09. The van der Waals surface area contributed by atoms with Crippen LogP contribution in [0.5, 0.6) is 0 Å². The minimum Gasteiger partial charge on any atom is -0.390 e. The van der Waals surface area contributed by atoms with Gasteiger partial charge in [-0.1, -0.05) is 49.1 Å². The van der Waals surface area contributed by atoms with Gasteiger partial charge in [0.05, 0.1) is 12.1 Å². The van der Waals surface area contributed by atoms with Gasteiger partial charge in [-0.15, -0.1) is 0 Å². The molecule has 42 heavy (non-hydrogen) atoms. The van der Waals surface area contributed by atoms with Crippen molar-refractivity contribution in [3.05, 3.63) is 59.9 Å². The first kappa shape index (κ1) is 28.6. The Hall–Kier alpha value is -2.14. The first-order valence-corrected chi connectivity index (χ1v) is 15.8. The number of ketones is 1. The average Bonchev–Trinajstić information content (AvgIpc) is 3.55. The maximum atomic E-state index is 17.6. The monoisotopic (exact) mass is 602 g/mol. The molecule has 2 aliphatic heterocycles. The van der Waals surface area contributed by atoms with E-state index in [-0.39, 0.29) is 36.3 Å². The summed E-state index contributed by atoms with van der Waals surface area (Å²) < 4.78 is 47.1. The van der Waals surface area contributed by atoms with E-state index in [4.69, 9.17) is 4.84 Å². The van der Waals surface area contributed by atoms with Crippen molar-refractivity contribution < 1.29 is 32.7 Å². The fourth-order valence-corrected chi connectivity index (χ4v) is 10.8. The Morgan fingerprint density at radius 3 is 2.74 bits per heavy atom. The highest BCUT2D eigenvalue weighted by Gasteiger charge is 2.79. The number of aliphatic hydroxyl groups is 1. The van der Waals surface area contributed by atoms with Gasteiger partial charge in [-0.3, -0.25) is 14.4 Å². The molecule has 6 nitrogen and oxygen atoms in total. The molecule has 4 fully saturated rings. The van der Waals surface area contributed by atoms with E-state index >= 15 is 8.78 Å². The lowest BCUT2D eigenvalue weighted by Crippen LogP contribution is -2.70. The summed E-state index contributed by atoms with van der Waals surface area (Å²) in [6, 6.07) is -0.715. The normalized spacial score (nSPS) is 48.8. The van der Waals surface area contributed by atoms with Crippen LogP contribution in [0.3, 0.4) is 0 Å².